The van der Waals surface area contributed by atoms with Crippen LogP contribution in [0.1, 0.15) is 24.2 Å². The van der Waals surface area contributed by atoms with Crippen molar-refractivity contribution in [1.82, 2.24) is 9.21 Å². The van der Waals surface area contributed by atoms with E-state index in [0.29, 0.717) is 17.2 Å². The zero-order valence-electron chi connectivity index (χ0n) is 21.6. The Kier molecular flexibility index (Phi) is 7.99. The van der Waals surface area contributed by atoms with Crippen LogP contribution in [0.4, 0.5) is 16.2 Å². The van der Waals surface area contributed by atoms with E-state index in [1.54, 1.807) is 43.3 Å². The van der Waals surface area contributed by atoms with Gasteiger partial charge >= 0.3 is 6.03 Å². The van der Waals surface area contributed by atoms with E-state index in [0.717, 1.165) is 6.26 Å². The summed E-state index contributed by atoms with van der Waals surface area (Å²) in [4.78, 5) is 28.0. The van der Waals surface area contributed by atoms with Gasteiger partial charge in [-0.25, -0.2) is 17.5 Å². The average Bonchev–Trinajstić information content (AvgIpc) is 3.33. The van der Waals surface area contributed by atoms with Crippen molar-refractivity contribution in [1.29, 1.82) is 0 Å². The number of carbonyl (C=O) groups is 2. The maximum absolute atomic E-state index is 13.5. The van der Waals surface area contributed by atoms with Crippen molar-refractivity contribution in [2.75, 3.05) is 50.4 Å². The van der Waals surface area contributed by atoms with Gasteiger partial charge in [-0.15, -0.1) is 0 Å². The predicted octanol–water partition coefficient (Wildman–Crippen LogP) is 2.17. The predicted molar refractivity (Wildman–Crippen MR) is 140 cm³/mol. The van der Waals surface area contributed by atoms with E-state index in [1.165, 1.54) is 16.3 Å². The Bertz CT molecular complexity index is 1320. The van der Waals surface area contributed by atoms with Crippen molar-refractivity contribution in [3.63, 3.8) is 0 Å². The summed E-state index contributed by atoms with van der Waals surface area (Å²) < 4.78 is 42.4. The van der Waals surface area contributed by atoms with Crippen molar-refractivity contribution in [3.05, 3.63) is 42.0 Å². The lowest BCUT2D eigenvalue weighted by Gasteiger charge is -2.38. The fourth-order valence-electron chi connectivity index (χ4n) is 4.21. The minimum Gasteiger partial charge on any atom is -0.486 e. The summed E-state index contributed by atoms with van der Waals surface area (Å²) in [5, 5.41) is 15.2. The monoisotopic (exact) mass is 548 g/mol. The zero-order chi connectivity index (χ0) is 27.6. The van der Waals surface area contributed by atoms with Crippen molar-refractivity contribution in [2.24, 2.45) is 5.92 Å². The Morgan fingerprint density at radius 3 is 2.66 bits per heavy atom. The SMILES string of the molecule is C[C@@H]1CN([C@H](C)CO)C(=O)c2cccc(NC(=O)Nc3ccc4c(c3)OCO4)c2O[C@@H]1CN(C)S(C)(=O)=O. The van der Waals surface area contributed by atoms with E-state index >= 15 is 0 Å². The molecule has 0 unspecified atom stereocenters. The van der Waals surface area contributed by atoms with Crippen LogP contribution >= 0.6 is 0 Å². The molecule has 38 heavy (non-hydrogen) atoms. The molecule has 206 valence electrons. The molecule has 0 aliphatic carbocycles. The largest absolute Gasteiger partial charge is 0.486 e. The molecule has 0 spiro atoms. The lowest BCUT2D eigenvalue weighted by atomic mass is 9.99. The quantitative estimate of drug-likeness (QED) is 0.477. The van der Waals surface area contributed by atoms with Gasteiger partial charge in [0.15, 0.2) is 17.2 Å². The van der Waals surface area contributed by atoms with E-state index < -0.39 is 28.2 Å². The molecular weight excluding hydrogens is 516 g/mol. The number of carbonyl (C=O) groups excluding carboxylic acids is 2. The van der Waals surface area contributed by atoms with Gasteiger partial charge in [0.25, 0.3) is 5.91 Å². The third-order valence-corrected chi connectivity index (χ3v) is 7.85. The van der Waals surface area contributed by atoms with Crippen LogP contribution in [0.5, 0.6) is 17.2 Å². The molecule has 12 nitrogen and oxygen atoms in total. The Morgan fingerprint density at radius 1 is 1.21 bits per heavy atom. The first-order valence-electron chi connectivity index (χ1n) is 12.1. The van der Waals surface area contributed by atoms with Gasteiger partial charge in [0.2, 0.25) is 16.8 Å². The molecule has 0 aromatic heterocycles. The molecule has 2 aromatic carbocycles. The van der Waals surface area contributed by atoms with E-state index in [-0.39, 0.29) is 55.3 Å². The van der Waals surface area contributed by atoms with E-state index in [9.17, 15) is 23.1 Å². The number of nitrogens with zero attached hydrogens (tertiary/aromatic N) is 2. The highest BCUT2D eigenvalue weighted by Gasteiger charge is 2.35. The summed E-state index contributed by atoms with van der Waals surface area (Å²) in [5.41, 5.74) is 0.878. The van der Waals surface area contributed by atoms with Crippen LogP contribution in [0, 0.1) is 5.92 Å². The Labute approximate surface area is 221 Å². The van der Waals surface area contributed by atoms with Crippen LogP contribution in [0.2, 0.25) is 0 Å². The molecule has 0 saturated heterocycles. The number of rotatable bonds is 7. The smallest absolute Gasteiger partial charge is 0.323 e. The van der Waals surface area contributed by atoms with Crippen LogP contribution in [-0.2, 0) is 10.0 Å². The lowest BCUT2D eigenvalue weighted by molar-refractivity contribution is 0.0389. The molecule has 3 N–H and O–H groups in total. The molecule has 2 aromatic rings. The molecule has 2 aliphatic rings. The number of likely N-dealkylation sites (N-methyl/N-ethyl adjacent to an activating group) is 1. The average molecular weight is 549 g/mol. The summed E-state index contributed by atoms with van der Waals surface area (Å²) in [6.07, 6.45) is 0.445. The number of amides is 3. The second kappa shape index (κ2) is 11.1. The number of ether oxygens (including phenoxy) is 3. The number of para-hydroxylation sites is 1. The van der Waals surface area contributed by atoms with Gasteiger partial charge in [0, 0.05) is 31.3 Å². The molecule has 3 atom stereocenters. The maximum atomic E-state index is 13.5. The van der Waals surface area contributed by atoms with Crippen LogP contribution < -0.4 is 24.8 Å². The first-order valence-corrected chi connectivity index (χ1v) is 13.9. The minimum absolute atomic E-state index is 0.0205. The van der Waals surface area contributed by atoms with Gasteiger partial charge in [0.1, 0.15) is 6.10 Å². The highest BCUT2D eigenvalue weighted by Crippen LogP contribution is 2.36. The number of benzene rings is 2. The second-order valence-corrected chi connectivity index (χ2v) is 11.6. The summed E-state index contributed by atoms with van der Waals surface area (Å²) in [6.45, 7) is 3.69. The van der Waals surface area contributed by atoms with Crippen LogP contribution in [-0.4, -0.2) is 86.6 Å². The second-order valence-electron chi connectivity index (χ2n) is 9.50. The molecule has 3 amide bonds. The molecule has 2 aliphatic heterocycles. The number of fused-ring (bicyclic) bond motifs is 2. The third kappa shape index (κ3) is 5.95. The zero-order valence-corrected chi connectivity index (χ0v) is 22.4. The Morgan fingerprint density at radius 2 is 1.95 bits per heavy atom. The standard InChI is InChI=1S/C25H32N4O8S/c1-15-11-29(16(2)13-30)24(31)18-6-5-7-19(23(18)37-22(15)12-28(3)38(4,33)34)27-25(32)26-17-8-9-20-21(10-17)36-14-35-20/h5-10,15-16,22,30H,11-14H2,1-4H3,(H2,26,27,32)/t15-,16-,22-/m1/s1. The third-order valence-electron chi connectivity index (χ3n) is 6.57. The molecule has 0 saturated carbocycles. The van der Waals surface area contributed by atoms with Crippen molar-refractivity contribution < 1.29 is 37.3 Å². The number of aliphatic hydroxyl groups excluding tert-OH is 1. The summed E-state index contributed by atoms with van der Waals surface area (Å²) in [7, 11) is -2.05. The van der Waals surface area contributed by atoms with Crippen molar-refractivity contribution in [2.45, 2.75) is 26.0 Å². The molecule has 2 heterocycles. The molecular formula is C25H32N4O8S. The van der Waals surface area contributed by atoms with Crippen molar-refractivity contribution >= 4 is 33.3 Å². The maximum Gasteiger partial charge on any atom is 0.323 e. The fraction of sp³-hybridized carbons (Fsp3) is 0.440. The fourth-order valence-corrected chi connectivity index (χ4v) is 4.63. The van der Waals surface area contributed by atoms with Gasteiger partial charge in [-0.3, -0.25) is 4.79 Å². The van der Waals surface area contributed by atoms with Gasteiger partial charge < -0.3 is 34.9 Å². The molecule has 13 heteroatoms. The summed E-state index contributed by atoms with van der Waals surface area (Å²) in [5.74, 6) is 0.524. The lowest BCUT2D eigenvalue weighted by Crippen LogP contribution is -2.50. The molecule has 0 fully saturated rings. The van der Waals surface area contributed by atoms with Gasteiger partial charge in [0.05, 0.1) is 36.7 Å². The van der Waals surface area contributed by atoms with E-state index in [2.05, 4.69) is 10.6 Å². The minimum atomic E-state index is -3.50. The number of nitrogens with one attached hydrogen (secondary N) is 2. The Balaban J connectivity index is 1.65. The highest BCUT2D eigenvalue weighted by molar-refractivity contribution is 7.88. The van der Waals surface area contributed by atoms with Crippen LogP contribution in [0.3, 0.4) is 0 Å². The van der Waals surface area contributed by atoms with Crippen molar-refractivity contribution in [3.8, 4) is 17.2 Å². The number of sulfonamides is 1. The van der Waals surface area contributed by atoms with Gasteiger partial charge in [-0.2, -0.15) is 0 Å². The topological polar surface area (TPSA) is 147 Å². The number of urea groups is 1. The van der Waals surface area contributed by atoms with E-state index in [1.807, 2.05) is 6.92 Å². The normalized spacial score (nSPS) is 19.7. The van der Waals surface area contributed by atoms with Crippen LogP contribution in [0.25, 0.3) is 0 Å². The first-order chi connectivity index (χ1) is 18.0. The number of aliphatic hydroxyl groups is 1. The molecule has 4 rings (SSSR count). The van der Waals surface area contributed by atoms with Crippen LogP contribution in [0.15, 0.2) is 36.4 Å². The first kappa shape index (κ1) is 27.5. The number of hydrogen-bond acceptors (Lipinski definition) is 8. The highest BCUT2D eigenvalue weighted by atomic mass is 32.2. The summed E-state index contributed by atoms with van der Waals surface area (Å²) >= 11 is 0. The molecule has 0 bridgehead atoms. The van der Waals surface area contributed by atoms with Gasteiger partial charge in [-0.1, -0.05) is 13.0 Å². The number of hydrogen-bond donors (Lipinski definition) is 3. The summed E-state index contributed by atoms with van der Waals surface area (Å²) in [6, 6.07) is 8.67. The van der Waals surface area contributed by atoms with E-state index in [4.69, 9.17) is 14.2 Å². The van der Waals surface area contributed by atoms with Gasteiger partial charge in [-0.05, 0) is 31.2 Å². The molecule has 0 radical (unpaired) electrons. The Hall–Kier alpha value is -3.55. The number of anilines is 2.